The Morgan fingerprint density at radius 2 is 1.61 bits per heavy atom. The van der Waals surface area contributed by atoms with Gasteiger partial charge >= 0.3 is 0 Å². The molecule has 13 nitrogen and oxygen atoms in total. The molecule has 1 amide bonds. The SMILES string of the molecule is Cc1c(C(=O)NCCCN2CCN(C)CC2)c(-c2cccc(C#Cc3ccc(NS(=O)(=O)c4ccc(NC(CCN(C)C)CSc5ccccc5)c([N+](=O)[O-])c4)cc3)c2)c(-c2ccc(F)cc2)n1C1CC1. The fourth-order valence-electron chi connectivity index (χ4n) is 8.84. The summed E-state index contributed by atoms with van der Waals surface area (Å²) in [5.41, 5.74) is 6.23. The Hall–Kier alpha value is -6.48. The van der Waals surface area contributed by atoms with Gasteiger partial charge in [0.1, 0.15) is 11.5 Å². The van der Waals surface area contributed by atoms with Gasteiger partial charge in [-0.3, -0.25) is 19.6 Å². The van der Waals surface area contributed by atoms with Crippen molar-refractivity contribution in [1.82, 2.24) is 24.6 Å². The van der Waals surface area contributed by atoms with Crippen LogP contribution >= 0.6 is 11.8 Å². The van der Waals surface area contributed by atoms with Crippen LogP contribution in [0.15, 0.2) is 131 Å². The molecule has 3 N–H and O–H groups in total. The summed E-state index contributed by atoms with van der Waals surface area (Å²) in [7, 11) is 1.86. The van der Waals surface area contributed by atoms with Crippen LogP contribution in [0.5, 0.6) is 0 Å². The van der Waals surface area contributed by atoms with Crippen molar-refractivity contribution in [3.05, 3.63) is 160 Å². The highest BCUT2D eigenvalue weighted by atomic mass is 32.2. The Morgan fingerprint density at radius 1 is 0.887 bits per heavy atom. The maximum atomic E-state index is 14.3. The van der Waals surface area contributed by atoms with E-state index < -0.39 is 14.9 Å². The number of halogens is 1. The predicted octanol–water partition coefficient (Wildman–Crippen LogP) is 9.61. The Bertz CT molecular complexity index is 3000. The largest absolute Gasteiger partial charge is 0.376 e. The van der Waals surface area contributed by atoms with Gasteiger partial charge < -0.3 is 29.9 Å². The average Bonchev–Trinajstić information content (AvgIpc) is 4.16. The number of sulfonamides is 1. The average molecular weight is 997 g/mol. The van der Waals surface area contributed by atoms with Crippen molar-refractivity contribution in [2.24, 2.45) is 0 Å². The second-order valence-corrected chi connectivity index (χ2v) is 21.3. The number of rotatable bonds is 20. The molecule has 1 saturated heterocycles. The molecule has 2 fully saturated rings. The lowest BCUT2D eigenvalue weighted by atomic mass is 9.95. The number of aromatic nitrogens is 1. The van der Waals surface area contributed by atoms with Gasteiger partial charge in [0.15, 0.2) is 0 Å². The van der Waals surface area contributed by atoms with E-state index in [9.17, 15) is 27.7 Å². The Balaban J connectivity index is 0.991. The first-order valence-electron chi connectivity index (χ1n) is 24.0. The summed E-state index contributed by atoms with van der Waals surface area (Å²) in [6.45, 7) is 8.32. The summed E-state index contributed by atoms with van der Waals surface area (Å²) in [5.74, 6) is 6.61. The minimum Gasteiger partial charge on any atom is -0.376 e. The van der Waals surface area contributed by atoms with Crippen molar-refractivity contribution >= 4 is 44.8 Å². The van der Waals surface area contributed by atoms with Gasteiger partial charge in [-0.15, -0.1) is 11.8 Å². The second kappa shape index (κ2) is 23.2. The van der Waals surface area contributed by atoms with E-state index in [1.165, 1.54) is 24.3 Å². The summed E-state index contributed by atoms with van der Waals surface area (Å²) in [6, 6.07) is 34.7. The van der Waals surface area contributed by atoms with Crippen LogP contribution in [-0.4, -0.2) is 117 Å². The van der Waals surface area contributed by atoms with Crippen LogP contribution < -0.4 is 15.4 Å². The lowest BCUT2D eigenvalue weighted by Crippen LogP contribution is -2.45. The van der Waals surface area contributed by atoms with Gasteiger partial charge in [-0.25, -0.2) is 12.8 Å². The molecule has 1 aliphatic carbocycles. The summed E-state index contributed by atoms with van der Waals surface area (Å²) in [5, 5.41) is 18.9. The molecule has 2 aliphatic rings. The zero-order chi connectivity index (χ0) is 50.1. The molecule has 1 aromatic heterocycles. The molecule has 5 aromatic carbocycles. The number of likely N-dealkylation sites (N-methyl/N-ethyl adjacent to an activating group) is 1. The third-order valence-corrected chi connectivity index (χ3v) is 15.4. The number of carbonyl (C=O) groups excluding carboxylic acids is 1. The highest BCUT2D eigenvalue weighted by Gasteiger charge is 2.34. The minimum atomic E-state index is -4.21. The van der Waals surface area contributed by atoms with Gasteiger partial charge in [-0.2, -0.15) is 0 Å². The lowest BCUT2D eigenvalue weighted by molar-refractivity contribution is -0.384. The quantitative estimate of drug-likeness (QED) is 0.0222. The molecule has 0 spiro atoms. The first kappa shape index (κ1) is 50.9. The Kier molecular flexibility index (Phi) is 16.6. The predicted molar refractivity (Wildman–Crippen MR) is 283 cm³/mol. The molecule has 6 aromatic rings. The molecule has 0 radical (unpaired) electrons. The van der Waals surface area contributed by atoms with Crippen LogP contribution in [0.1, 0.15) is 58.9 Å². The van der Waals surface area contributed by atoms with Crippen molar-refractivity contribution in [3.63, 3.8) is 0 Å². The maximum Gasteiger partial charge on any atom is 0.293 e. The number of carbonyl (C=O) groups is 1. The maximum absolute atomic E-state index is 14.3. The molecule has 2 heterocycles. The topological polar surface area (TPSA) is 145 Å². The fourth-order valence-corrected chi connectivity index (χ4v) is 10.9. The molecular weight excluding hydrogens is 936 g/mol. The monoisotopic (exact) mass is 996 g/mol. The first-order chi connectivity index (χ1) is 34.2. The van der Waals surface area contributed by atoms with Crippen molar-refractivity contribution in [1.29, 1.82) is 0 Å². The van der Waals surface area contributed by atoms with Crippen molar-refractivity contribution in [2.45, 2.75) is 54.5 Å². The number of anilines is 2. The van der Waals surface area contributed by atoms with Gasteiger partial charge in [-0.05, 0) is 163 Å². The summed E-state index contributed by atoms with van der Waals surface area (Å²) in [4.78, 5) is 33.7. The van der Waals surface area contributed by atoms with E-state index in [-0.39, 0.29) is 45.8 Å². The number of amides is 1. The zero-order valence-electron chi connectivity index (χ0n) is 40.7. The van der Waals surface area contributed by atoms with Gasteiger partial charge in [-0.1, -0.05) is 42.2 Å². The standard InChI is InChI=1S/C55H61FN8O5S2/c1-39-52(55(65)57-29-9-30-62-34-32-61(4)33-35-62)53(54(63(39)47-24-25-47)42-18-20-44(56)21-19-42)43-11-8-10-41(36-43)15-14-40-16-22-45(23-17-40)59-71(68,69)49-26-27-50(51(37-49)64(66)67)58-46(28-31-60(2)3)38-70-48-12-6-5-7-13-48/h5-8,10-13,16-23,26-27,36-37,46-47,58-59H,9,24-25,28-35,38H2,1-4H3,(H,57,65). The van der Waals surface area contributed by atoms with Crippen molar-refractivity contribution in [3.8, 4) is 34.2 Å². The number of nitro benzene ring substituents is 1. The van der Waals surface area contributed by atoms with E-state index in [2.05, 4.69) is 53.5 Å². The Morgan fingerprint density at radius 3 is 2.30 bits per heavy atom. The van der Waals surface area contributed by atoms with Gasteiger partial charge in [0.05, 0.1) is 21.1 Å². The van der Waals surface area contributed by atoms with E-state index in [4.69, 9.17) is 0 Å². The van der Waals surface area contributed by atoms with Crippen LogP contribution in [0, 0.1) is 34.7 Å². The highest BCUT2D eigenvalue weighted by molar-refractivity contribution is 7.99. The van der Waals surface area contributed by atoms with E-state index >= 15 is 0 Å². The lowest BCUT2D eigenvalue weighted by Gasteiger charge is -2.32. The van der Waals surface area contributed by atoms with Gasteiger partial charge in [0.2, 0.25) is 0 Å². The van der Waals surface area contributed by atoms with E-state index in [1.54, 1.807) is 48.2 Å². The van der Waals surface area contributed by atoms with Crippen LogP contribution in [0.25, 0.3) is 22.4 Å². The molecule has 1 unspecified atom stereocenters. The summed E-state index contributed by atoms with van der Waals surface area (Å²) in [6.07, 6.45) is 3.52. The number of benzene rings is 5. The molecule has 71 heavy (non-hydrogen) atoms. The van der Waals surface area contributed by atoms with E-state index in [1.807, 2.05) is 75.6 Å². The molecule has 8 rings (SSSR count). The number of hydrogen-bond acceptors (Lipinski definition) is 10. The zero-order valence-corrected chi connectivity index (χ0v) is 42.3. The molecule has 1 saturated carbocycles. The van der Waals surface area contributed by atoms with Gasteiger partial charge in [0, 0.05) is 89.6 Å². The van der Waals surface area contributed by atoms with E-state index in [0.29, 0.717) is 35.4 Å². The van der Waals surface area contributed by atoms with Crippen LogP contribution in [0.2, 0.25) is 0 Å². The van der Waals surface area contributed by atoms with E-state index in [0.717, 1.165) is 97.6 Å². The smallest absolute Gasteiger partial charge is 0.293 e. The van der Waals surface area contributed by atoms with Crippen LogP contribution in [0.4, 0.5) is 21.5 Å². The number of piperazine rings is 1. The number of nitrogens with one attached hydrogen (secondary N) is 3. The molecule has 1 aliphatic heterocycles. The molecule has 370 valence electrons. The number of hydrogen-bond donors (Lipinski definition) is 3. The highest BCUT2D eigenvalue weighted by Crippen LogP contribution is 2.47. The Labute approximate surface area is 421 Å². The number of nitro groups is 1. The summed E-state index contributed by atoms with van der Waals surface area (Å²) < 4.78 is 46.4. The molecule has 1 atom stereocenters. The summed E-state index contributed by atoms with van der Waals surface area (Å²) >= 11 is 1.65. The van der Waals surface area contributed by atoms with Crippen molar-refractivity contribution in [2.75, 3.05) is 82.7 Å². The fraction of sp³-hybridized carbons (Fsp3) is 0.327. The molecule has 16 heteroatoms. The minimum absolute atomic E-state index is 0.129. The molecular formula is C55H61FN8O5S2. The molecule has 0 bridgehead atoms. The second-order valence-electron chi connectivity index (χ2n) is 18.6. The first-order valence-corrected chi connectivity index (χ1v) is 26.5. The normalized spacial score (nSPS) is 14.7. The third kappa shape index (κ3) is 13.3. The van der Waals surface area contributed by atoms with Gasteiger partial charge in [0.25, 0.3) is 21.6 Å². The number of thioether (sulfide) groups is 1. The number of nitrogens with zero attached hydrogens (tertiary/aromatic N) is 5. The van der Waals surface area contributed by atoms with Crippen molar-refractivity contribution < 1.29 is 22.5 Å². The van der Waals surface area contributed by atoms with Crippen LogP contribution in [0.3, 0.4) is 0 Å². The third-order valence-electron chi connectivity index (χ3n) is 12.8. The van der Waals surface area contributed by atoms with Crippen LogP contribution in [-0.2, 0) is 10.0 Å².